The number of carbonyl (C=O) groups is 1. The number of methoxy groups -OCH3 is 1. The molecule has 0 bridgehead atoms. The first-order valence-corrected chi connectivity index (χ1v) is 13.0. The van der Waals surface area contributed by atoms with Crippen LogP contribution in [0.2, 0.25) is 0 Å². The normalized spacial score (nSPS) is 21.5. The number of hydrogen-bond acceptors (Lipinski definition) is 4. The van der Waals surface area contributed by atoms with E-state index >= 15 is 0 Å². The summed E-state index contributed by atoms with van der Waals surface area (Å²) in [6.45, 7) is 3.43. The van der Waals surface area contributed by atoms with E-state index in [0.717, 1.165) is 38.8 Å². The highest BCUT2D eigenvalue weighted by Gasteiger charge is 2.34. The fraction of sp³-hybridized carbons (Fsp3) is 0.741. The van der Waals surface area contributed by atoms with Crippen molar-refractivity contribution >= 4 is 6.03 Å². The maximum atomic E-state index is 13.5. The van der Waals surface area contributed by atoms with E-state index in [1.165, 1.54) is 37.7 Å². The summed E-state index contributed by atoms with van der Waals surface area (Å²) in [6, 6.07) is 10.7. The van der Waals surface area contributed by atoms with Crippen LogP contribution in [0.15, 0.2) is 30.3 Å². The van der Waals surface area contributed by atoms with Crippen molar-refractivity contribution in [3.8, 4) is 0 Å². The Morgan fingerprint density at radius 1 is 1.12 bits per heavy atom. The molecule has 1 aliphatic heterocycles. The van der Waals surface area contributed by atoms with E-state index < -0.39 is 0 Å². The summed E-state index contributed by atoms with van der Waals surface area (Å²) in [4.78, 5) is 17.4. The summed E-state index contributed by atoms with van der Waals surface area (Å²) in [5.41, 5.74) is 7.34. The minimum atomic E-state index is -0.00323. The number of amides is 2. The summed E-state index contributed by atoms with van der Waals surface area (Å²) < 4.78 is 11.6. The highest BCUT2D eigenvalue weighted by atomic mass is 16.5. The molecule has 6 nitrogen and oxygen atoms in total. The highest BCUT2D eigenvalue weighted by Crippen LogP contribution is 2.34. The molecule has 1 saturated heterocycles. The number of likely N-dealkylation sites (N-methyl/N-ethyl adjacent to an activating group) is 1. The number of rotatable bonds is 11. The van der Waals surface area contributed by atoms with Gasteiger partial charge in [-0.1, -0.05) is 62.4 Å². The SMILES string of the molecule is COCCCOC(c1ccccc1)C1CCCN(C(=O)N(C)C(CN)CC2CCCCC2)C1. The zero-order valence-electron chi connectivity index (χ0n) is 20.8. The molecule has 3 unspecified atom stereocenters. The van der Waals surface area contributed by atoms with Crippen LogP contribution in [0.3, 0.4) is 0 Å². The molecule has 0 aromatic heterocycles. The van der Waals surface area contributed by atoms with Gasteiger partial charge in [0.25, 0.3) is 0 Å². The van der Waals surface area contributed by atoms with Crippen LogP contribution in [0.1, 0.15) is 69.5 Å². The van der Waals surface area contributed by atoms with Crippen molar-refractivity contribution in [2.24, 2.45) is 17.6 Å². The topological polar surface area (TPSA) is 68.0 Å². The Bertz CT molecular complexity index is 680. The molecule has 1 aliphatic carbocycles. The Balaban J connectivity index is 1.62. The summed E-state index contributed by atoms with van der Waals surface area (Å²) in [5.74, 6) is 0.996. The van der Waals surface area contributed by atoms with Crippen molar-refractivity contribution < 1.29 is 14.3 Å². The van der Waals surface area contributed by atoms with Gasteiger partial charge in [-0.25, -0.2) is 4.79 Å². The van der Waals surface area contributed by atoms with Gasteiger partial charge in [-0.2, -0.15) is 0 Å². The van der Waals surface area contributed by atoms with Crippen molar-refractivity contribution in [3.63, 3.8) is 0 Å². The summed E-state index contributed by atoms with van der Waals surface area (Å²) in [5, 5.41) is 0. The van der Waals surface area contributed by atoms with Crippen molar-refractivity contribution in [1.29, 1.82) is 0 Å². The van der Waals surface area contributed by atoms with Crippen molar-refractivity contribution in [3.05, 3.63) is 35.9 Å². The number of ether oxygens (including phenoxy) is 2. The standard InChI is InChI=1S/C27H45N3O3/c1-29(25(20-28)19-22-11-5-3-6-12-22)27(31)30-16-9-15-24(21-30)26(33-18-10-17-32-2)23-13-7-4-8-14-23/h4,7-8,13-14,22,24-26H,3,5-6,9-12,15-21,28H2,1-2H3. The van der Waals surface area contributed by atoms with Crippen LogP contribution in [-0.4, -0.2) is 68.9 Å². The molecule has 3 rings (SSSR count). The average Bonchev–Trinajstić information content (AvgIpc) is 2.87. The molecule has 1 heterocycles. The number of likely N-dealkylation sites (tertiary alicyclic amines) is 1. The maximum absolute atomic E-state index is 13.5. The molecule has 3 atom stereocenters. The lowest BCUT2D eigenvalue weighted by Gasteiger charge is -2.40. The van der Waals surface area contributed by atoms with Gasteiger partial charge in [-0.05, 0) is 37.2 Å². The van der Waals surface area contributed by atoms with Crippen LogP contribution in [0, 0.1) is 11.8 Å². The van der Waals surface area contributed by atoms with Crippen LogP contribution in [-0.2, 0) is 9.47 Å². The zero-order valence-corrected chi connectivity index (χ0v) is 20.8. The van der Waals surface area contributed by atoms with Gasteiger partial charge in [0.05, 0.1) is 6.10 Å². The number of nitrogens with zero attached hydrogens (tertiary/aromatic N) is 2. The summed E-state index contributed by atoms with van der Waals surface area (Å²) >= 11 is 0. The first-order chi connectivity index (χ1) is 16.1. The van der Waals surface area contributed by atoms with Crippen LogP contribution < -0.4 is 5.73 Å². The molecule has 33 heavy (non-hydrogen) atoms. The van der Waals surface area contributed by atoms with Crippen LogP contribution in [0.4, 0.5) is 4.79 Å². The predicted octanol–water partition coefficient (Wildman–Crippen LogP) is 4.84. The third kappa shape index (κ3) is 7.69. The van der Waals surface area contributed by atoms with Gasteiger partial charge in [0.1, 0.15) is 0 Å². The summed E-state index contributed by atoms with van der Waals surface area (Å²) in [7, 11) is 3.67. The molecule has 186 valence electrons. The molecule has 2 fully saturated rings. The fourth-order valence-corrected chi connectivity index (χ4v) is 5.59. The molecular weight excluding hydrogens is 414 g/mol. The number of carbonyl (C=O) groups excluding carboxylic acids is 1. The highest BCUT2D eigenvalue weighted by molar-refractivity contribution is 5.74. The fourth-order valence-electron chi connectivity index (χ4n) is 5.59. The van der Waals surface area contributed by atoms with Crippen LogP contribution >= 0.6 is 0 Å². The first kappa shape index (κ1) is 26.0. The van der Waals surface area contributed by atoms with E-state index in [1.807, 2.05) is 22.9 Å². The van der Waals surface area contributed by atoms with Gasteiger partial charge in [0.2, 0.25) is 0 Å². The molecule has 2 amide bonds. The van der Waals surface area contributed by atoms with Gasteiger partial charge in [-0.15, -0.1) is 0 Å². The van der Waals surface area contributed by atoms with Gasteiger partial charge in [0.15, 0.2) is 0 Å². The number of piperidine rings is 1. The van der Waals surface area contributed by atoms with Crippen LogP contribution in [0.25, 0.3) is 0 Å². The second-order valence-electron chi connectivity index (χ2n) is 9.92. The minimum Gasteiger partial charge on any atom is -0.385 e. The Morgan fingerprint density at radius 3 is 2.58 bits per heavy atom. The molecule has 1 aromatic carbocycles. The van der Waals surface area contributed by atoms with Gasteiger partial charge in [0, 0.05) is 59.0 Å². The smallest absolute Gasteiger partial charge is 0.320 e. The van der Waals surface area contributed by atoms with E-state index in [1.54, 1.807) is 7.11 Å². The molecule has 0 radical (unpaired) electrons. The van der Waals surface area contributed by atoms with Crippen LogP contribution in [0.5, 0.6) is 0 Å². The van der Waals surface area contributed by atoms with Crippen molar-refractivity contribution in [1.82, 2.24) is 9.80 Å². The van der Waals surface area contributed by atoms with Crippen molar-refractivity contribution in [2.75, 3.05) is 47.0 Å². The maximum Gasteiger partial charge on any atom is 0.320 e. The van der Waals surface area contributed by atoms with E-state index in [-0.39, 0.29) is 24.1 Å². The lowest BCUT2D eigenvalue weighted by Crippen LogP contribution is -2.52. The van der Waals surface area contributed by atoms with E-state index in [2.05, 4.69) is 24.3 Å². The second-order valence-corrected chi connectivity index (χ2v) is 9.92. The quantitative estimate of drug-likeness (QED) is 0.481. The average molecular weight is 460 g/mol. The Morgan fingerprint density at radius 2 is 1.88 bits per heavy atom. The molecule has 0 spiro atoms. The Hall–Kier alpha value is -1.63. The van der Waals surface area contributed by atoms with E-state index in [9.17, 15) is 4.79 Å². The third-order valence-electron chi connectivity index (χ3n) is 7.53. The molecule has 2 N–H and O–H groups in total. The first-order valence-electron chi connectivity index (χ1n) is 13.0. The lowest BCUT2D eigenvalue weighted by atomic mass is 9.84. The zero-order chi connectivity index (χ0) is 23.5. The van der Waals surface area contributed by atoms with Gasteiger partial charge < -0.3 is 25.0 Å². The lowest BCUT2D eigenvalue weighted by molar-refractivity contribution is -0.0187. The van der Waals surface area contributed by atoms with E-state index in [4.69, 9.17) is 15.2 Å². The van der Waals surface area contributed by atoms with Crippen molar-refractivity contribution in [2.45, 2.75) is 69.9 Å². The largest absolute Gasteiger partial charge is 0.385 e. The van der Waals surface area contributed by atoms with E-state index in [0.29, 0.717) is 25.7 Å². The number of nitrogens with two attached hydrogens (primary N) is 1. The summed E-state index contributed by atoms with van der Waals surface area (Å²) in [6.07, 6.45) is 10.5. The third-order valence-corrected chi connectivity index (χ3v) is 7.53. The number of urea groups is 1. The Kier molecular flexibility index (Phi) is 11.0. The number of hydrogen-bond donors (Lipinski definition) is 1. The molecule has 1 aromatic rings. The van der Waals surface area contributed by atoms with Gasteiger partial charge in [-0.3, -0.25) is 0 Å². The monoisotopic (exact) mass is 459 g/mol. The van der Waals surface area contributed by atoms with Gasteiger partial charge >= 0.3 is 6.03 Å². The molecule has 6 heteroatoms. The molecule has 2 aliphatic rings. The Labute approximate surface area is 200 Å². The molecular formula is C27H45N3O3. The predicted molar refractivity (Wildman–Crippen MR) is 133 cm³/mol. The number of benzene rings is 1. The second kappa shape index (κ2) is 13.9. The molecule has 1 saturated carbocycles. The minimum absolute atomic E-state index is 0.00323.